The van der Waals surface area contributed by atoms with Gasteiger partial charge in [-0.05, 0) is 24.3 Å². The van der Waals surface area contributed by atoms with Gasteiger partial charge in [-0.3, -0.25) is 0 Å². The molecule has 0 amide bonds. The molecule has 0 heterocycles. The van der Waals surface area contributed by atoms with Crippen LogP contribution in [0.15, 0.2) is 42.5 Å². The number of benzene rings is 2. The lowest BCUT2D eigenvalue weighted by atomic mass is 10.1. The van der Waals surface area contributed by atoms with E-state index in [1.807, 2.05) is 6.07 Å². The van der Waals surface area contributed by atoms with Gasteiger partial charge in [-0.25, -0.2) is 8.78 Å². The summed E-state index contributed by atoms with van der Waals surface area (Å²) in [5.41, 5.74) is 0.673. The van der Waals surface area contributed by atoms with E-state index < -0.39 is 17.7 Å². The summed E-state index contributed by atoms with van der Waals surface area (Å²) in [7, 11) is 0. The SMILES string of the molecule is N#CC(Nc1cccc(Cl)c1)c1ccc(F)cc1F. The quantitative estimate of drug-likeness (QED) is 0.909. The first-order valence-corrected chi connectivity index (χ1v) is 5.84. The fraction of sp³-hybridized carbons (Fsp3) is 0.0714. The van der Waals surface area contributed by atoms with Crippen LogP contribution >= 0.6 is 11.6 Å². The van der Waals surface area contributed by atoms with Gasteiger partial charge in [0.25, 0.3) is 0 Å². The number of hydrogen-bond acceptors (Lipinski definition) is 2. The predicted molar refractivity (Wildman–Crippen MR) is 69.8 cm³/mol. The average molecular weight is 279 g/mol. The first-order chi connectivity index (χ1) is 9.10. The van der Waals surface area contributed by atoms with Gasteiger partial charge in [0.05, 0.1) is 6.07 Å². The minimum atomic E-state index is -0.918. The highest BCUT2D eigenvalue weighted by Gasteiger charge is 2.15. The molecule has 19 heavy (non-hydrogen) atoms. The van der Waals surface area contributed by atoms with Crippen molar-refractivity contribution in [3.05, 3.63) is 64.7 Å². The lowest BCUT2D eigenvalue weighted by molar-refractivity contribution is 0.570. The Balaban J connectivity index is 2.28. The van der Waals surface area contributed by atoms with Crippen LogP contribution in [-0.4, -0.2) is 0 Å². The number of halogens is 3. The van der Waals surface area contributed by atoms with E-state index in [2.05, 4.69) is 5.32 Å². The van der Waals surface area contributed by atoms with Gasteiger partial charge in [0, 0.05) is 22.3 Å². The maximum absolute atomic E-state index is 13.6. The van der Waals surface area contributed by atoms with E-state index in [0.717, 1.165) is 12.1 Å². The summed E-state index contributed by atoms with van der Waals surface area (Å²) < 4.78 is 26.4. The molecule has 2 rings (SSSR count). The van der Waals surface area contributed by atoms with E-state index in [1.54, 1.807) is 24.3 Å². The second-order valence-corrected chi connectivity index (χ2v) is 4.32. The van der Waals surface area contributed by atoms with Crippen LogP contribution in [0.5, 0.6) is 0 Å². The minimum absolute atomic E-state index is 0.0869. The maximum Gasteiger partial charge on any atom is 0.143 e. The van der Waals surface area contributed by atoms with E-state index in [0.29, 0.717) is 10.7 Å². The molecule has 0 spiro atoms. The highest BCUT2D eigenvalue weighted by molar-refractivity contribution is 6.30. The summed E-state index contributed by atoms with van der Waals surface area (Å²) in [6, 6.07) is 10.8. The monoisotopic (exact) mass is 278 g/mol. The van der Waals surface area contributed by atoms with Gasteiger partial charge in [-0.2, -0.15) is 5.26 Å². The Bertz CT molecular complexity index is 638. The largest absolute Gasteiger partial charge is 0.366 e. The summed E-state index contributed by atoms with van der Waals surface area (Å²) in [6.45, 7) is 0. The van der Waals surface area contributed by atoms with E-state index in [9.17, 15) is 8.78 Å². The Kier molecular flexibility index (Phi) is 3.98. The lowest BCUT2D eigenvalue weighted by Crippen LogP contribution is -2.10. The van der Waals surface area contributed by atoms with Crippen molar-refractivity contribution in [1.82, 2.24) is 0 Å². The summed E-state index contributed by atoms with van der Waals surface area (Å²) in [5.74, 6) is -1.44. The van der Waals surface area contributed by atoms with Gasteiger partial charge in [0.2, 0.25) is 0 Å². The Morgan fingerprint density at radius 2 is 1.95 bits per heavy atom. The molecule has 0 saturated heterocycles. The molecular weight excluding hydrogens is 270 g/mol. The molecule has 96 valence electrons. The molecule has 1 unspecified atom stereocenters. The second kappa shape index (κ2) is 5.68. The molecule has 0 aromatic heterocycles. The van der Waals surface area contributed by atoms with Crippen molar-refractivity contribution in [2.45, 2.75) is 6.04 Å². The summed E-state index contributed by atoms with van der Waals surface area (Å²) in [5, 5.41) is 12.4. The first-order valence-electron chi connectivity index (χ1n) is 5.47. The van der Waals surface area contributed by atoms with Crippen molar-refractivity contribution in [2.24, 2.45) is 0 Å². The Hall–Kier alpha value is -2.12. The summed E-state index contributed by atoms with van der Waals surface area (Å²) in [4.78, 5) is 0. The predicted octanol–water partition coefficient (Wildman–Crippen LogP) is 4.29. The van der Waals surface area contributed by atoms with Crippen LogP contribution in [0.4, 0.5) is 14.5 Å². The topological polar surface area (TPSA) is 35.8 Å². The maximum atomic E-state index is 13.6. The second-order valence-electron chi connectivity index (χ2n) is 3.88. The van der Waals surface area contributed by atoms with Crippen molar-refractivity contribution in [2.75, 3.05) is 5.32 Å². The minimum Gasteiger partial charge on any atom is -0.366 e. The van der Waals surface area contributed by atoms with Gasteiger partial charge in [-0.1, -0.05) is 23.7 Å². The third-order valence-electron chi connectivity index (χ3n) is 2.54. The molecule has 0 saturated carbocycles. The number of nitrogens with zero attached hydrogens (tertiary/aromatic N) is 1. The molecule has 2 nitrogen and oxygen atoms in total. The number of nitrogens with one attached hydrogen (secondary N) is 1. The molecular formula is C14H9ClF2N2. The normalized spacial score (nSPS) is 11.7. The smallest absolute Gasteiger partial charge is 0.143 e. The Morgan fingerprint density at radius 1 is 1.16 bits per heavy atom. The molecule has 5 heteroatoms. The third kappa shape index (κ3) is 3.21. The average Bonchev–Trinajstić information content (AvgIpc) is 2.37. The first kappa shape index (κ1) is 13.3. The molecule has 2 aromatic carbocycles. The van der Waals surface area contributed by atoms with Crippen molar-refractivity contribution in [3.63, 3.8) is 0 Å². The summed E-state index contributed by atoms with van der Waals surface area (Å²) >= 11 is 5.82. The molecule has 1 N–H and O–H groups in total. The van der Waals surface area contributed by atoms with Gasteiger partial charge in [-0.15, -0.1) is 0 Å². The van der Waals surface area contributed by atoms with Crippen LogP contribution in [-0.2, 0) is 0 Å². The van der Waals surface area contributed by atoms with Crippen molar-refractivity contribution in [1.29, 1.82) is 5.26 Å². The number of nitriles is 1. The standard InChI is InChI=1S/C14H9ClF2N2/c15-9-2-1-3-11(6-9)19-14(8-18)12-5-4-10(16)7-13(12)17/h1-7,14,19H. The zero-order valence-corrected chi connectivity index (χ0v) is 10.5. The Morgan fingerprint density at radius 3 is 2.58 bits per heavy atom. The van der Waals surface area contributed by atoms with Gasteiger partial charge < -0.3 is 5.32 Å². The van der Waals surface area contributed by atoms with Crippen LogP contribution in [0.25, 0.3) is 0 Å². The van der Waals surface area contributed by atoms with Crippen LogP contribution in [0.3, 0.4) is 0 Å². The molecule has 1 atom stereocenters. The highest BCUT2D eigenvalue weighted by atomic mass is 35.5. The van der Waals surface area contributed by atoms with E-state index in [-0.39, 0.29) is 5.56 Å². The van der Waals surface area contributed by atoms with Gasteiger partial charge in [0.15, 0.2) is 0 Å². The fourth-order valence-corrected chi connectivity index (χ4v) is 1.85. The number of hydrogen-bond donors (Lipinski definition) is 1. The number of anilines is 1. The van der Waals surface area contributed by atoms with Crippen LogP contribution in [0.1, 0.15) is 11.6 Å². The zero-order chi connectivity index (χ0) is 13.8. The van der Waals surface area contributed by atoms with Gasteiger partial charge in [0.1, 0.15) is 17.7 Å². The molecule has 0 aliphatic rings. The number of rotatable bonds is 3. The van der Waals surface area contributed by atoms with Crippen LogP contribution < -0.4 is 5.32 Å². The summed E-state index contributed by atoms with van der Waals surface area (Å²) in [6.07, 6.45) is 0. The van der Waals surface area contributed by atoms with E-state index >= 15 is 0 Å². The fourth-order valence-electron chi connectivity index (χ4n) is 1.66. The van der Waals surface area contributed by atoms with Crippen molar-refractivity contribution >= 4 is 17.3 Å². The Labute approximate surface area is 114 Å². The molecule has 2 aromatic rings. The molecule has 0 aliphatic heterocycles. The molecule has 0 aliphatic carbocycles. The van der Waals surface area contributed by atoms with Gasteiger partial charge >= 0.3 is 0 Å². The van der Waals surface area contributed by atoms with Crippen LogP contribution in [0.2, 0.25) is 5.02 Å². The molecule has 0 radical (unpaired) electrons. The lowest BCUT2D eigenvalue weighted by Gasteiger charge is -2.14. The van der Waals surface area contributed by atoms with Crippen LogP contribution in [0, 0.1) is 23.0 Å². The molecule has 0 fully saturated rings. The zero-order valence-electron chi connectivity index (χ0n) is 9.70. The third-order valence-corrected chi connectivity index (χ3v) is 2.77. The van der Waals surface area contributed by atoms with Crippen molar-refractivity contribution < 1.29 is 8.78 Å². The molecule has 0 bridgehead atoms. The van der Waals surface area contributed by atoms with E-state index in [4.69, 9.17) is 16.9 Å². The van der Waals surface area contributed by atoms with E-state index in [1.165, 1.54) is 6.07 Å². The highest BCUT2D eigenvalue weighted by Crippen LogP contribution is 2.23. The van der Waals surface area contributed by atoms with Crippen molar-refractivity contribution in [3.8, 4) is 6.07 Å².